The molecule has 1 aliphatic heterocycles. The van der Waals surface area contributed by atoms with Gasteiger partial charge in [0.05, 0.1) is 6.04 Å². The molecule has 0 aromatic heterocycles. The van der Waals surface area contributed by atoms with Gasteiger partial charge in [-0.05, 0) is 44.6 Å². The van der Waals surface area contributed by atoms with E-state index in [4.69, 9.17) is 4.74 Å². The zero-order valence-corrected chi connectivity index (χ0v) is 12.4. The summed E-state index contributed by atoms with van der Waals surface area (Å²) < 4.78 is 6.40. The smallest absolute Gasteiger partial charge is 0.223 e. The lowest BCUT2D eigenvalue weighted by molar-refractivity contribution is -0.123. The Bertz CT molecular complexity index is 544. The van der Waals surface area contributed by atoms with Gasteiger partial charge in [-0.25, -0.2) is 0 Å². The Morgan fingerprint density at radius 3 is 2.67 bits per heavy atom. The highest BCUT2D eigenvalue weighted by atomic mass is 16.5. The summed E-state index contributed by atoms with van der Waals surface area (Å²) >= 11 is 0. The summed E-state index contributed by atoms with van der Waals surface area (Å²) in [6.45, 7) is 0. The Balaban J connectivity index is 1.62. The molecule has 2 saturated carbocycles. The number of fused-ring (bicyclic) bond motifs is 1. The van der Waals surface area contributed by atoms with Crippen molar-refractivity contribution in [3.05, 3.63) is 29.8 Å². The van der Waals surface area contributed by atoms with Gasteiger partial charge in [-0.3, -0.25) is 4.79 Å². The molecule has 21 heavy (non-hydrogen) atoms. The Hall–Kier alpha value is -1.51. The fourth-order valence-corrected chi connectivity index (χ4v) is 3.88. The van der Waals surface area contributed by atoms with Crippen LogP contribution in [0.1, 0.15) is 63.0 Å². The molecule has 0 unspecified atom stereocenters. The van der Waals surface area contributed by atoms with Crippen molar-refractivity contribution in [1.82, 2.24) is 5.32 Å². The third kappa shape index (κ3) is 2.54. The van der Waals surface area contributed by atoms with Crippen LogP contribution in [-0.4, -0.2) is 11.5 Å². The van der Waals surface area contributed by atoms with Crippen LogP contribution in [-0.2, 0) is 4.79 Å². The number of hydrogen-bond acceptors (Lipinski definition) is 2. The molecule has 3 heteroatoms. The Morgan fingerprint density at radius 1 is 1.14 bits per heavy atom. The lowest BCUT2D eigenvalue weighted by Gasteiger charge is -2.44. The van der Waals surface area contributed by atoms with Crippen LogP contribution < -0.4 is 10.1 Å². The minimum Gasteiger partial charge on any atom is -0.487 e. The number of amides is 1. The van der Waals surface area contributed by atoms with E-state index >= 15 is 0 Å². The number of nitrogens with one attached hydrogen (secondary N) is 1. The third-order valence-electron chi connectivity index (χ3n) is 5.23. The Kier molecular flexibility index (Phi) is 3.16. The lowest BCUT2D eigenvalue weighted by atomic mass is 9.77. The first-order chi connectivity index (χ1) is 10.3. The van der Waals surface area contributed by atoms with Gasteiger partial charge >= 0.3 is 0 Å². The molecule has 1 atom stereocenters. The average molecular weight is 285 g/mol. The van der Waals surface area contributed by atoms with E-state index in [2.05, 4.69) is 17.4 Å². The second kappa shape index (κ2) is 5.04. The molecule has 2 aliphatic carbocycles. The predicted molar refractivity (Wildman–Crippen MR) is 81.1 cm³/mol. The molecule has 1 spiro atoms. The van der Waals surface area contributed by atoms with E-state index in [-0.39, 0.29) is 23.5 Å². The molecule has 3 nitrogen and oxygen atoms in total. The van der Waals surface area contributed by atoms with E-state index in [0.29, 0.717) is 0 Å². The normalized spacial score (nSPS) is 26.8. The Labute approximate surface area is 126 Å². The highest BCUT2D eigenvalue weighted by Crippen LogP contribution is 2.46. The van der Waals surface area contributed by atoms with Crippen LogP contribution in [0.2, 0.25) is 0 Å². The average Bonchev–Trinajstić information content (AvgIpc) is 3.32. The van der Waals surface area contributed by atoms with Crippen molar-refractivity contribution in [2.45, 2.75) is 63.0 Å². The molecule has 1 heterocycles. The highest BCUT2D eigenvalue weighted by Gasteiger charge is 2.43. The zero-order valence-electron chi connectivity index (χ0n) is 12.4. The first kappa shape index (κ1) is 13.2. The van der Waals surface area contributed by atoms with Crippen molar-refractivity contribution in [3.8, 4) is 5.75 Å². The molecule has 2 fully saturated rings. The first-order valence-corrected chi connectivity index (χ1v) is 8.34. The van der Waals surface area contributed by atoms with Crippen LogP contribution in [0.3, 0.4) is 0 Å². The molecule has 1 amide bonds. The summed E-state index contributed by atoms with van der Waals surface area (Å²) in [4.78, 5) is 12.2. The molecule has 0 radical (unpaired) electrons. The van der Waals surface area contributed by atoms with Gasteiger partial charge in [0.15, 0.2) is 0 Å². The van der Waals surface area contributed by atoms with Gasteiger partial charge in [0.25, 0.3) is 0 Å². The number of benzene rings is 1. The van der Waals surface area contributed by atoms with Crippen molar-refractivity contribution in [1.29, 1.82) is 0 Å². The van der Waals surface area contributed by atoms with Gasteiger partial charge in [-0.15, -0.1) is 0 Å². The summed E-state index contributed by atoms with van der Waals surface area (Å²) in [7, 11) is 0. The molecule has 3 aliphatic rings. The fraction of sp³-hybridized carbons (Fsp3) is 0.611. The summed E-state index contributed by atoms with van der Waals surface area (Å²) in [6, 6.07) is 8.35. The SMILES string of the molecule is O=C(N[C@@H]1CC2(CCCCC2)Oc2ccccc21)C1CC1. The first-order valence-electron chi connectivity index (χ1n) is 8.34. The topological polar surface area (TPSA) is 38.3 Å². The lowest BCUT2D eigenvalue weighted by Crippen LogP contribution is -2.46. The van der Waals surface area contributed by atoms with Gasteiger partial charge in [0.1, 0.15) is 11.4 Å². The van der Waals surface area contributed by atoms with Crippen LogP contribution in [0.4, 0.5) is 0 Å². The number of para-hydroxylation sites is 1. The van der Waals surface area contributed by atoms with E-state index in [1.54, 1.807) is 0 Å². The van der Waals surface area contributed by atoms with Crippen molar-refractivity contribution >= 4 is 5.91 Å². The van der Waals surface area contributed by atoms with Crippen LogP contribution >= 0.6 is 0 Å². The van der Waals surface area contributed by atoms with Crippen LogP contribution in [0.15, 0.2) is 24.3 Å². The van der Waals surface area contributed by atoms with Crippen molar-refractivity contribution in [2.24, 2.45) is 5.92 Å². The van der Waals surface area contributed by atoms with Gasteiger partial charge in [0.2, 0.25) is 5.91 Å². The second-order valence-corrected chi connectivity index (χ2v) is 6.92. The maximum Gasteiger partial charge on any atom is 0.223 e. The molecular weight excluding hydrogens is 262 g/mol. The third-order valence-corrected chi connectivity index (χ3v) is 5.23. The van der Waals surface area contributed by atoms with E-state index < -0.39 is 0 Å². The number of ether oxygens (including phenoxy) is 1. The van der Waals surface area contributed by atoms with Gasteiger partial charge in [-0.1, -0.05) is 24.6 Å². The number of rotatable bonds is 2. The van der Waals surface area contributed by atoms with Crippen molar-refractivity contribution in [2.75, 3.05) is 0 Å². The standard InChI is InChI=1S/C18H23NO2/c20-17(13-8-9-13)19-15-12-18(10-4-1-5-11-18)21-16-7-3-2-6-14(15)16/h2-3,6-7,13,15H,1,4-5,8-12H2,(H,19,20)/t15-/m1/s1. The van der Waals surface area contributed by atoms with E-state index in [1.165, 1.54) is 19.3 Å². The summed E-state index contributed by atoms with van der Waals surface area (Å²) in [5.74, 6) is 1.48. The van der Waals surface area contributed by atoms with E-state index in [9.17, 15) is 4.79 Å². The minimum atomic E-state index is -0.0475. The molecule has 0 bridgehead atoms. The molecule has 4 rings (SSSR count). The van der Waals surface area contributed by atoms with Gasteiger partial charge in [0, 0.05) is 17.9 Å². The summed E-state index contributed by atoms with van der Waals surface area (Å²) in [5, 5.41) is 3.29. The fourth-order valence-electron chi connectivity index (χ4n) is 3.88. The zero-order chi connectivity index (χ0) is 14.3. The maximum absolute atomic E-state index is 12.2. The quantitative estimate of drug-likeness (QED) is 0.899. The molecule has 112 valence electrons. The monoisotopic (exact) mass is 285 g/mol. The molecule has 1 aromatic carbocycles. The van der Waals surface area contributed by atoms with Crippen molar-refractivity contribution in [3.63, 3.8) is 0 Å². The van der Waals surface area contributed by atoms with E-state index in [1.807, 2.05) is 12.1 Å². The number of carbonyl (C=O) groups is 1. The van der Waals surface area contributed by atoms with Crippen LogP contribution in [0.5, 0.6) is 5.75 Å². The van der Waals surface area contributed by atoms with E-state index in [0.717, 1.165) is 43.4 Å². The molecule has 0 saturated heterocycles. The highest BCUT2D eigenvalue weighted by molar-refractivity contribution is 5.81. The molecule has 1 aromatic rings. The molecule has 1 N–H and O–H groups in total. The molecular formula is C18H23NO2. The number of hydrogen-bond donors (Lipinski definition) is 1. The predicted octanol–water partition coefficient (Wildman–Crippen LogP) is 3.74. The van der Waals surface area contributed by atoms with Crippen LogP contribution in [0.25, 0.3) is 0 Å². The largest absolute Gasteiger partial charge is 0.487 e. The maximum atomic E-state index is 12.2. The summed E-state index contributed by atoms with van der Waals surface area (Å²) in [5.41, 5.74) is 1.11. The number of carbonyl (C=O) groups excluding carboxylic acids is 1. The minimum absolute atomic E-state index is 0.0475. The van der Waals surface area contributed by atoms with Crippen LogP contribution in [0, 0.1) is 5.92 Å². The summed E-state index contributed by atoms with van der Waals surface area (Å²) in [6.07, 6.45) is 9.09. The van der Waals surface area contributed by atoms with Crippen molar-refractivity contribution < 1.29 is 9.53 Å². The Morgan fingerprint density at radius 2 is 1.90 bits per heavy atom. The second-order valence-electron chi connectivity index (χ2n) is 6.92. The van der Waals surface area contributed by atoms with Gasteiger partial charge < -0.3 is 10.1 Å². The van der Waals surface area contributed by atoms with Gasteiger partial charge in [-0.2, -0.15) is 0 Å².